The maximum Gasteiger partial charge on any atom is 0.290 e. The SMILES string of the molecule is O=CO.[Ge]. The van der Waals surface area contributed by atoms with Crippen LogP contribution in [0.1, 0.15) is 0 Å². The van der Waals surface area contributed by atoms with Crippen LogP contribution in [0.5, 0.6) is 0 Å². The van der Waals surface area contributed by atoms with Crippen molar-refractivity contribution in [3.8, 4) is 0 Å². The van der Waals surface area contributed by atoms with Crippen LogP contribution in [-0.4, -0.2) is 29.2 Å². The molecule has 0 unspecified atom stereocenters. The van der Waals surface area contributed by atoms with E-state index in [1.165, 1.54) is 0 Å². The molecule has 0 spiro atoms. The molecule has 1 N–H and O–H groups in total. The third-order valence-corrected chi connectivity index (χ3v) is 0. The first-order valence-electron chi connectivity index (χ1n) is 0.494. The van der Waals surface area contributed by atoms with Crippen LogP contribution >= 0.6 is 0 Å². The Labute approximate surface area is 34.8 Å². The van der Waals surface area contributed by atoms with Crippen molar-refractivity contribution in [1.29, 1.82) is 0 Å². The summed E-state index contributed by atoms with van der Waals surface area (Å²) in [5.74, 6) is 0. The number of hydrogen-bond acceptors (Lipinski definition) is 1. The average Bonchev–Trinajstić information content (AvgIpc) is 0.918. The Hall–Kier alpha value is 0.0129. The standard InChI is InChI=1S/CH2O2.Ge/c2-1-3;/h1H,(H,2,3);. The normalized spacial score (nSPS) is 3.00. The quantitative estimate of drug-likeness (QED) is 0.338. The van der Waals surface area contributed by atoms with Gasteiger partial charge in [0.05, 0.1) is 0 Å². The molecule has 0 rings (SSSR count). The Kier molecular flexibility index (Phi) is 26.7. The molecule has 2 nitrogen and oxygen atoms in total. The summed E-state index contributed by atoms with van der Waals surface area (Å²) < 4.78 is 0. The van der Waals surface area contributed by atoms with Crippen LogP contribution in [0.25, 0.3) is 0 Å². The van der Waals surface area contributed by atoms with Gasteiger partial charge < -0.3 is 5.11 Å². The molecule has 0 atom stereocenters. The fourth-order valence-corrected chi connectivity index (χ4v) is 0. The average molecular weight is 119 g/mol. The zero-order chi connectivity index (χ0) is 2.71. The molecule has 0 fully saturated rings. The van der Waals surface area contributed by atoms with Gasteiger partial charge in [-0.3, -0.25) is 4.79 Å². The molecule has 0 heterocycles. The monoisotopic (exact) mass is 120 g/mol. The maximum absolute atomic E-state index is 8.36. The molecule has 0 amide bonds. The molecule has 0 aromatic rings. The van der Waals surface area contributed by atoms with E-state index in [0.29, 0.717) is 0 Å². The van der Waals surface area contributed by atoms with Crippen molar-refractivity contribution in [3.05, 3.63) is 0 Å². The van der Waals surface area contributed by atoms with E-state index in [1.807, 2.05) is 0 Å². The number of rotatable bonds is 0. The third kappa shape index (κ3) is 12500. The molecule has 0 saturated heterocycles. The van der Waals surface area contributed by atoms with E-state index in [9.17, 15) is 0 Å². The first kappa shape index (κ1) is 8.99. The first-order chi connectivity index (χ1) is 1.41. The molecular weight excluding hydrogens is 117 g/mol. The van der Waals surface area contributed by atoms with Crippen LogP contribution in [0.15, 0.2) is 0 Å². The predicted molar refractivity (Wildman–Crippen MR) is 14.4 cm³/mol. The van der Waals surface area contributed by atoms with Gasteiger partial charge in [-0.2, -0.15) is 0 Å². The summed E-state index contributed by atoms with van der Waals surface area (Å²) in [7, 11) is 0. The Balaban J connectivity index is 0. The van der Waals surface area contributed by atoms with Gasteiger partial charge in [-0.25, -0.2) is 0 Å². The van der Waals surface area contributed by atoms with Gasteiger partial charge >= 0.3 is 0 Å². The maximum atomic E-state index is 8.36. The molecule has 4 radical (unpaired) electrons. The van der Waals surface area contributed by atoms with Crippen molar-refractivity contribution in [2.75, 3.05) is 0 Å². The summed E-state index contributed by atoms with van der Waals surface area (Å²) in [6.45, 7) is -0.250. The smallest absolute Gasteiger partial charge is 0.290 e. The van der Waals surface area contributed by atoms with E-state index in [2.05, 4.69) is 0 Å². The minimum absolute atomic E-state index is 0. The van der Waals surface area contributed by atoms with Crippen LogP contribution in [0.3, 0.4) is 0 Å². The van der Waals surface area contributed by atoms with Crippen molar-refractivity contribution >= 4 is 24.1 Å². The molecular formula is CH2GeO2. The van der Waals surface area contributed by atoms with Gasteiger partial charge in [-0.05, 0) is 0 Å². The van der Waals surface area contributed by atoms with Crippen molar-refractivity contribution in [2.24, 2.45) is 0 Å². The second kappa shape index (κ2) is 11.9. The van der Waals surface area contributed by atoms with Gasteiger partial charge in [-0.15, -0.1) is 0 Å². The summed E-state index contributed by atoms with van der Waals surface area (Å²) in [5.41, 5.74) is 0. The van der Waals surface area contributed by atoms with Crippen LogP contribution in [0.4, 0.5) is 0 Å². The molecule has 22 valence electrons. The summed E-state index contributed by atoms with van der Waals surface area (Å²) in [6, 6.07) is 0. The second-order valence-electron chi connectivity index (χ2n) is 0.105. The molecule has 0 bridgehead atoms. The van der Waals surface area contributed by atoms with E-state index in [1.54, 1.807) is 0 Å². The summed E-state index contributed by atoms with van der Waals surface area (Å²) >= 11 is 0. The second-order valence-corrected chi connectivity index (χ2v) is 0.105. The van der Waals surface area contributed by atoms with Gasteiger partial charge in [0, 0.05) is 17.6 Å². The zero-order valence-corrected chi connectivity index (χ0v) is 4.03. The Morgan fingerprint density at radius 1 is 1.75 bits per heavy atom. The number of hydrogen-bond donors (Lipinski definition) is 1. The Morgan fingerprint density at radius 3 is 1.75 bits per heavy atom. The fourth-order valence-electron chi connectivity index (χ4n) is 0. The van der Waals surface area contributed by atoms with E-state index in [0.717, 1.165) is 0 Å². The summed E-state index contributed by atoms with van der Waals surface area (Å²) in [4.78, 5) is 8.36. The van der Waals surface area contributed by atoms with E-state index >= 15 is 0 Å². The molecule has 3 heteroatoms. The largest absolute Gasteiger partial charge is 0.483 e. The topological polar surface area (TPSA) is 37.3 Å². The van der Waals surface area contributed by atoms with Crippen LogP contribution in [0.2, 0.25) is 0 Å². The Morgan fingerprint density at radius 2 is 1.75 bits per heavy atom. The first-order valence-corrected chi connectivity index (χ1v) is 0.494. The molecule has 4 heavy (non-hydrogen) atoms. The number of carbonyl (C=O) groups is 1. The van der Waals surface area contributed by atoms with Crippen molar-refractivity contribution in [3.63, 3.8) is 0 Å². The van der Waals surface area contributed by atoms with Crippen LogP contribution in [-0.2, 0) is 4.79 Å². The van der Waals surface area contributed by atoms with Gasteiger partial charge in [-0.1, -0.05) is 0 Å². The molecule has 0 saturated carbocycles. The van der Waals surface area contributed by atoms with Crippen molar-refractivity contribution < 1.29 is 9.90 Å². The van der Waals surface area contributed by atoms with Crippen molar-refractivity contribution in [1.82, 2.24) is 0 Å². The Bertz CT molecular complexity index is 13.5. The van der Waals surface area contributed by atoms with Crippen LogP contribution < -0.4 is 0 Å². The minimum Gasteiger partial charge on any atom is -0.483 e. The number of carboxylic acid groups (broad SMARTS) is 1. The summed E-state index contributed by atoms with van der Waals surface area (Å²) in [5, 5.41) is 6.89. The third-order valence-electron chi connectivity index (χ3n) is 0. The van der Waals surface area contributed by atoms with Gasteiger partial charge in [0.1, 0.15) is 0 Å². The van der Waals surface area contributed by atoms with Crippen molar-refractivity contribution in [2.45, 2.75) is 0 Å². The van der Waals surface area contributed by atoms with E-state index in [-0.39, 0.29) is 24.1 Å². The summed E-state index contributed by atoms with van der Waals surface area (Å²) in [6.07, 6.45) is 0. The zero-order valence-electron chi connectivity index (χ0n) is 1.93. The predicted octanol–water partition coefficient (Wildman–Crippen LogP) is -0.680. The van der Waals surface area contributed by atoms with Gasteiger partial charge in [0.15, 0.2) is 0 Å². The van der Waals surface area contributed by atoms with Crippen LogP contribution in [0, 0.1) is 0 Å². The molecule has 0 aliphatic heterocycles. The van der Waals surface area contributed by atoms with E-state index in [4.69, 9.17) is 9.90 Å². The molecule has 0 aromatic heterocycles. The van der Waals surface area contributed by atoms with Gasteiger partial charge in [0.25, 0.3) is 6.47 Å². The minimum atomic E-state index is -0.250. The molecule has 0 aromatic carbocycles. The van der Waals surface area contributed by atoms with E-state index < -0.39 is 0 Å². The molecule has 0 aliphatic carbocycles. The molecule has 0 aliphatic rings. The van der Waals surface area contributed by atoms with Gasteiger partial charge in [0.2, 0.25) is 0 Å². The fraction of sp³-hybridized carbons (Fsp3) is 0.